The molecule has 0 fully saturated rings. The van der Waals surface area contributed by atoms with E-state index >= 15 is 0 Å². The number of rotatable bonds is 5. The van der Waals surface area contributed by atoms with Crippen LogP contribution in [0.2, 0.25) is 0 Å². The number of imidazole rings is 1. The number of hydrogen-bond donors (Lipinski definition) is 1. The topological polar surface area (TPSA) is 124 Å². The van der Waals surface area contributed by atoms with Crippen molar-refractivity contribution in [2.24, 2.45) is 5.16 Å². The molecule has 0 bridgehead atoms. The smallest absolute Gasteiger partial charge is 0.358 e. The van der Waals surface area contributed by atoms with Crippen molar-refractivity contribution in [3.05, 3.63) is 22.5 Å². The highest BCUT2D eigenvalue weighted by atomic mass is 16.6. The molecule has 0 aliphatic heterocycles. The van der Waals surface area contributed by atoms with Crippen LogP contribution in [0.5, 0.6) is 0 Å². The number of nitrogens with zero attached hydrogens (tertiary/aromatic N) is 6. The maximum atomic E-state index is 12.1. The molecule has 0 aromatic carbocycles. The van der Waals surface area contributed by atoms with Crippen molar-refractivity contribution in [1.29, 1.82) is 0 Å². The summed E-state index contributed by atoms with van der Waals surface area (Å²) in [4.78, 5) is 31.3. The number of hydrogen-bond acceptors (Lipinski definition) is 7. The minimum atomic E-state index is -1.27. The minimum Gasteiger partial charge on any atom is -0.476 e. The second kappa shape index (κ2) is 5.47. The number of carboxylic acids is 1. The van der Waals surface area contributed by atoms with Gasteiger partial charge in [-0.2, -0.15) is 4.68 Å². The first-order valence-electron chi connectivity index (χ1n) is 5.71. The van der Waals surface area contributed by atoms with Crippen LogP contribution in [0.3, 0.4) is 0 Å². The summed E-state index contributed by atoms with van der Waals surface area (Å²) in [6.45, 7) is 1.96. The van der Waals surface area contributed by atoms with Crippen LogP contribution < -0.4 is 5.69 Å². The van der Waals surface area contributed by atoms with Crippen LogP contribution in [0.15, 0.2) is 16.3 Å². The van der Waals surface area contributed by atoms with E-state index in [2.05, 4.69) is 25.3 Å². The minimum absolute atomic E-state index is 0.0968. The number of aromatic carboxylic acids is 1. The van der Waals surface area contributed by atoms with Crippen LogP contribution >= 0.6 is 0 Å². The Labute approximate surface area is 112 Å². The largest absolute Gasteiger partial charge is 0.476 e. The fraction of sp³-hybridized carbons (Fsp3) is 0.400. The van der Waals surface area contributed by atoms with Crippen LogP contribution in [-0.2, 0) is 11.4 Å². The molecule has 2 rings (SSSR count). The molecule has 106 valence electrons. The van der Waals surface area contributed by atoms with Crippen LogP contribution in [0.4, 0.5) is 0 Å². The SMILES string of the molecule is CCC(Cn1nnc2c(C(=O)O)ncn2c1=O)=NOC. The van der Waals surface area contributed by atoms with Gasteiger partial charge >= 0.3 is 11.7 Å². The molecule has 0 aliphatic rings. The molecule has 0 spiro atoms. The average molecular weight is 280 g/mol. The van der Waals surface area contributed by atoms with E-state index in [1.54, 1.807) is 0 Å². The van der Waals surface area contributed by atoms with Gasteiger partial charge in [0.05, 0.1) is 12.3 Å². The van der Waals surface area contributed by atoms with Gasteiger partial charge in [-0.05, 0) is 6.42 Å². The van der Waals surface area contributed by atoms with E-state index in [1.807, 2.05) is 6.92 Å². The highest BCUT2D eigenvalue weighted by Crippen LogP contribution is 2.02. The lowest BCUT2D eigenvalue weighted by Gasteiger charge is -2.04. The van der Waals surface area contributed by atoms with Gasteiger partial charge in [-0.1, -0.05) is 17.3 Å². The fourth-order valence-corrected chi connectivity index (χ4v) is 1.59. The summed E-state index contributed by atoms with van der Waals surface area (Å²) < 4.78 is 2.08. The van der Waals surface area contributed by atoms with Crippen molar-refractivity contribution in [2.75, 3.05) is 7.11 Å². The van der Waals surface area contributed by atoms with Crippen molar-refractivity contribution < 1.29 is 14.7 Å². The van der Waals surface area contributed by atoms with E-state index in [4.69, 9.17) is 5.11 Å². The predicted octanol–water partition coefficient (Wildman–Crippen LogP) is -0.603. The van der Waals surface area contributed by atoms with E-state index in [0.29, 0.717) is 12.1 Å². The molecule has 20 heavy (non-hydrogen) atoms. The maximum Gasteiger partial charge on any atom is 0.358 e. The Morgan fingerprint density at radius 2 is 2.30 bits per heavy atom. The van der Waals surface area contributed by atoms with Crippen molar-refractivity contribution in [3.63, 3.8) is 0 Å². The zero-order valence-electron chi connectivity index (χ0n) is 10.8. The van der Waals surface area contributed by atoms with Crippen LogP contribution in [0.25, 0.3) is 5.65 Å². The number of carboxylic acid groups (broad SMARTS) is 1. The molecule has 2 aromatic rings. The number of aromatic nitrogens is 5. The summed E-state index contributed by atoms with van der Waals surface area (Å²) >= 11 is 0. The monoisotopic (exact) mass is 280 g/mol. The Morgan fingerprint density at radius 3 is 2.90 bits per heavy atom. The second-order valence-electron chi connectivity index (χ2n) is 3.82. The molecular weight excluding hydrogens is 268 g/mol. The van der Waals surface area contributed by atoms with Gasteiger partial charge in [0.2, 0.25) is 0 Å². The van der Waals surface area contributed by atoms with E-state index in [9.17, 15) is 9.59 Å². The summed E-state index contributed by atoms with van der Waals surface area (Å²) in [5.41, 5.74) is -0.363. The van der Waals surface area contributed by atoms with E-state index in [-0.39, 0.29) is 17.9 Å². The van der Waals surface area contributed by atoms with Crippen molar-refractivity contribution >= 4 is 17.3 Å². The van der Waals surface area contributed by atoms with E-state index in [0.717, 1.165) is 15.4 Å². The third-order valence-corrected chi connectivity index (χ3v) is 2.58. The molecule has 0 saturated carbocycles. The lowest BCUT2D eigenvalue weighted by atomic mass is 10.3. The first-order valence-corrected chi connectivity index (χ1v) is 5.71. The van der Waals surface area contributed by atoms with Gasteiger partial charge in [0.1, 0.15) is 13.4 Å². The van der Waals surface area contributed by atoms with E-state index < -0.39 is 11.7 Å². The van der Waals surface area contributed by atoms with Gasteiger partial charge in [-0.3, -0.25) is 0 Å². The standard InChI is InChI=1S/C10H12N6O4/c1-3-6(13-20-2)4-16-10(19)15-5-11-7(9(17)18)8(15)12-14-16/h5H,3-4H2,1-2H3,(H,17,18). The van der Waals surface area contributed by atoms with Gasteiger partial charge in [0.15, 0.2) is 11.3 Å². The maximum absolute atomic E-state index is 12.1. The highest BCUT2D eigenvalue weighted by Gasteiger charge is 2.17. The van der Waals surface area contributed by atoms with Crippen molar-refractivity contribution in [1.82, 2.24) is 24.4 Å². The molecule has 1 N–H and O–H groups in total. The first kappa shape index (κ1) is 13.6. The molecular formula is C10H12N6O4. The predicted molar refractivity (Wildman–Crippen MR) is 66.7 cm³/mol. The van der Waals surface area contributed by atoms with Gasteiger partial charge in [0, 0.05) is 0 Å². The molecule has 0 saturated heterocycles. The zero-order chi connectivity index (χ0) is 14.7. The molecule has 0 amide bonds. The Bertz CT molecular complexity index is 731. The molecule has 0 atom stereocenters. The molecule has 2 heterocycles. The van der Waals surface area contributed by atoms with Gasteiger partial charge in [-0.15, -0.1) is 5.10 Å². The zero-order valence-corrected chi connectivity index (χ0v) is 10.8. The van der Waals surface area contributed by atoms with Crippen molar-refractivity contribution in [3.8, 4) is 0 Å². The third kappa shape index (κ3) is 2.35. The second-order valence-corrected chi connectivity index (χ2v) is 3.82. The average Bonchev–Trinajstić information content (AvgIpc) is 2.85. The van der Waals surface area contributed by atoms with Gasteiger partial charge in [-0.25, -0.2) is 19.0 Å². The Balaban J connectivity index is 2.48. The molecule has 0 unspecified atom stereocenters. The summed E-state index contributed by atoms with van der Waals surface area (Å²) in [7, 11) is 1.41. The number of oxime groups is 1. The molecule has 0 radical (unpaired) electrons. The quantitative estimate of drug-likeness (QED) is 0.572. The Morgan fingerprint density at radius 1 is 1.55 bits per heavy atom. The number of carbonyl (C=O) groups is 1. The first-order chi connectivity index (χ1) is 9.58. The Kier molecular flexibility index (Phi) is 3.73. The van der Waals surface area contributed by atoms with Crippen molar-refractivity contribution in [2.45, 2.75) is 19.9 Å². The van der Waals surface area contributed by atoms with Crippen LogP contribution in [-0.4, -0.2) is 48.3 Å². The third-order valence-electron chi connectivity index (χ3n) is 2.58. The lowest BCUT2D eigenvalue weighted by Crippen LogP contribution is -2.32. The summed E-state index contributed by atoms with van der Waals surface area (Å²) in [5, 5.41) is 20.1. The molecule has 10 nitrogen and oxygen atoms in total. The van der Waals surface area contributed by atoms with E-state index in [1.165, 1.54) is 7.11 Å². The van der Waals surface area contributed by atoms with Crippen LogP contribution in [0, 0.1) is 0 Å². The number of fused-ring (bicyclic) bond motifs is 1. The molecule has 10 heteroatoms. The summed E-state index contributed by atoms with van der Waals surface area (Å²) in [5.74, 6) is -1.27. The summed E-state index contributed by atoms with van der Waals surface area (Å²) in [6.07, 6.45) is 1.68. The van der Waals surface area contributed by atoms with Gasteiger partial charge in [0.25, 0.3) is 0 Å². The highest BCUT2D eigenvalue weighted by molar-refractivity contribution is 5.91. The fourth-order valence-electron chi connectivity index (χ4n) is 1.59. The van der Waals surface area contributed by atoms with Gasteiger partial charge < -0.3 is 9.94 Å². The van der Waals surface area contributed by atoms with Crippen LogP contribution in [0.1, 0.15) is 23.8 Å². The molecule has 0 aliphatic carbocycles. The normalized spacial score (nSPS) is 11.8. The summed E-state index contributed by atoms with van der Waals surface area (Å²) in [6, 6.07) is 0. The lowest BCUT2D eigenvalue weighted by molar-refractivity contribution is 0.0693. The Hall–Kier alpha value is -2.78. The molecule has 2 aromatic heterocycles.